The van der Waals surface area contributed by atoms with Gasteiger partial charge in [-0.3, -0.25) is 4.79 Å². The molecule has 1 rings (SSSR count). The van der Waals surface area contributed by atoms with Crippen LogP contribution < -0.4 is 10.0 Å². The molecule has 0 heterocycles. The molecule has 0 fully saturated rings. The van der Waals surface area contributed by atoms with Crippen molar-refractivity contribution < 1.29 is 22.7 Å². The fraction of sp³-hybridized carbons (Fsp3) is 0.467. The van der Waals surface area contributed by atoms with Gasteiger partial charge in [0.1, 0.15) is 0 Å². The van der Waals surface area contributed by atoms with Crippen molar-refractivity contribution in [1.29, 1.82) is 0 Å². The third-order valence-electron chi connectivity index (χ3n) is 3.17. The molecule has 0 radical (unpaired) electrons. The number of unbranched alkanes of at least 4 members (excludes halogenated alkanes) is 2. The molecular weight excluding hydrogens is 356 g/mol. The van der Waals surface area contributed by atoms with Gasteiger partial charge in [-0.05, 0) is 31.7 Å². The molecular formula is C15H21ClN2O5S. The van der Waals surface area contributed by atoms with Gasteiger partial charge in [-0.25, -0.2) is 17.9 Å². The Bertz CT molecular complexity index is 691. The highest BCUT2D eigenvalue weighted by atomic mass is 35.5. The summed E-state index contributed by atoms with van der Waals surface area (Å²) in [6.45, 7) is 2.11. The van der Waals surface area contributed by atoms with E-state index in [1.807, 2.05) is 0 Å². The van der Waals surface area contributed by atoms with Crippen LogP contribution in [-0.2, 0) is 19.6 Å². The quantitative estimate of drug-likeness (QED) is 0.504. The van der Waals surface area contributed by atoms with Crippen molar-refractivity contribution in [2.24, 2.45) is 0 Å². The molecule has 0 spiro atoms. The number of benzene rings is 1. The van der Waals surface area contributed by atoms with Gasteiger partial charge in [-0.2, -0.15) is 0 Å². The fourth-order valence-electron chi connectivity index (χ4n) is 1.81. The molecule has 0 aliphatic heterocycles. The maximum absolute atomic E-state index is 12.0. The first kappa shape index (κ1) is 20.4. The van der Waals surface area contributed by atoms with Gasteiger partial charge in [0.15, 0.2) is 6.61 Å². The normalized spacial score (nSPS) is 11.1. The molecule has 9 heteroatoms. The Morgan fingerprint density at radius 2 is 1.96 bits per heavy atom. The van der Waals surface area contributed by atoms with E-state index in [0.717, 1.165) is 25.3 Å². The number of esters is 1. The number of hydrogen-bond donors (Lipinski definition) is 2. The molecule has 1 aromatic carbocycles. The molecule has 1 amide bonds. The summed E-state index contributed by atoms with van der Waals surface area (Å²) in [6.07, 6.45) is 2.89. The second kappa shape index (κ2) is 9.61. The number of carbonyl (C=O) groups is 2. The molecule has 0 saturated heterocycles. The zero-order valence-corrected chi connectivity index (χ0v) is 15.2. The minimum atomic E-state index is -3.72. The SMILES string of the molecule is CCCCCNC(=O)COC(=O)c1cc(S(=O)(=O)NC)ccc1Cl. The van der Waals surface area contributed by atoms with Crippen LogP contribution in [0.5, 0.6) is 0 Å². The Kier molecular flexibility index (Phi) is 8.17. The predicted octanol–water partition coefficient (Wildman–Crippen LogP) is 1.71. The zero-order chi connectivity index (χ0) is 18.2. The number of ether oxygens (including phenoxy) is 1. The number of amides is 1. The summed E-state index contributed by atoms with van der Waals surface area (Å²) >= 11 is 5.90. The van der Waals surface area contributed by atoms with E-state index in [-0.39, 0.29) is 15.5 Å². The Labute approximate surface area is 146 Å². The third kappa shape index (κ3) is 6.10. The first-order valence-corrected chi connectivity index (χ1v) is 9.34. The average molecular weight is 377 g/mol. The van der Waals surface area contributed by atoms with Gasteiger partial charge < -0.3 is 10.1 Å². The second-order valence-corrected chi connectivity index (χ2v) is 7.28. The van der Waals surface area contributed by atoms with Crippen molar-refractivity contribution in [1.82, 2.24) is 10.0 Å². The van der Waals surface area contributed by atoms with Gasteiger partial charge in [-0.1, -0.05) is 31.4 Å². The average Bonchev–Trinajstić information content (AvgIpc) is 2.56. The summed E-state index contributed by atoms with van der Waals surface area (Å²) in [5, 5.41) is 2.67. The van der Waals surface area contributed by atoms with E-state index in [9.17, 15) is 18.0 Å². The Morgan fingerprint density at radius 1 is 1.25 bits per heavy atom. The maximum atomic E-state index is 12.0. The van der Waals surface area contributed by atoms with Crippen molar-refractivity contribution in [2.75, 3.05) is 20.2 Å². The molecule has 134 valence electrons. The number of halogens is 1. The molecule has 0 aromatic heterocycles. The van der Waals surface area contributed by atoms with Crippen LogP contribution in [0.1, 0.15) is 36.5 Å². The monoisotopic (exact) mass is 376 g/mol. The van der Waals surface area contributed by atoms with E-state index in [0.29, 0.717) is 6.54 Å². The molecule has 24 heavy (non-hydrogen) atoms. The molecule has 0 bridgehead atoms. The van der Waals surface area contributed by atoms with Gasteiger partial charge in [0, 0.05) is 6.54 Å². The minimum Gasteiger partial charge on any atom is -0.452 e. The number of sulfonamides is 1. The molecule has 0 aliphatic rings. The lowest BCUT2D eigenvalue weighted by molar-refractivity contribution is -0.124. The summed E-state index contributed by atoms with van der Waals surface area (Å²) in [5.74, 6) is -1.29. The Balaban J connectivity index is 2.68. The molecule has 1 aromatic rings. The summed E-state index contributed by atoms with van der Waals surface area (Å²) in [6, 6.07) is 3.66. The molecule has 0 atom stereocenters. The fourth-order valence-corrected chi connectivity index (χ4v) is 2.76. The summed E-state index contributed by atoms with van der Waals surface area (Å²) in [7, 11) is -2.46. The standard InChI is InChI=1S/C15H21ClN2O5S/c1-3-4-5-8-18-14(19)10-23-15(20)12-9-11(6-7-13(12)16)24(21,22)17-2/h6-7,9,17H,3-5,8,10H2,1-2H3,(H,18,19). The van der Waals surface area contributed by atoms with E-state index in [1.54, 1.807) is 0 Å². The van der Waals surface area contributed by atoms with Gasteiger partial charge in [-0.15, -0.1) is 0 Å². The van der Waals surface area contributed by atoms with E-state index < -0.39 is 28.5 Å². The Hall–Kier alpha value is -1.64. The molecule has 2 N–H and O–H groups in total. The van der Waals surface area contributed by atoms with Crippen LogP contribution in [0.4, 0.5) is 0 Å². The van der Waals surface area contributed by atoms with Crippen molar-refractivity contribution in [3.8, 4) is 0 Å². The van der Waals surface area contributed by atoms with Gasteiger partial charge in [0.25, 0.3) is 5.91 Å². The van der Waals surface area contributed by atoms with Crippen molar-refractivity contribution >= 4 is 33.5 Å². The minimum absolute atomic E-state index is 0.0402. The van der Waals surface area contributed by atoms with Crippen molar-refractivity contribution in [3.05, 3.63) is 28.8 Å². The lowest BCUT2D eigenvalue weighted by Gasteiger charge is -2.09. The number of nitrogens with one attached hydrogen (secondary N) is 2. The lowest BCUT2D eigenvalue weighted by Crippen LogP contribution is -2.29. The molecule has 0 unspecified atom stereocenters. The lowest BCUT2D eigenvalue weighted by atomic mass is 10.2. The van der Waals surface area contributed by atoms with Crippen LogP contribution in [0.25, 0.3) is 0 Å². The number of rotatable bonds is 9. The van der Waals surface area contributed by atoms with Gasteiger partial charge in [0.05, 0.1) is 15.5 Å². The van der Waals surface area contributed by atoms with E-state index in [2.05, 4.69) is 17.0 Å². The highest BCUT2D eigenvalue weighted by molar-refractivity contribution is 7.89. The number of carbonyl (C=O) groups excluding carboxylic acids is 2. The van der Waals surface area contributed by atoms with Crippen LogP contribution in [-0.4, -0.2) is 40.5 Å². The predicted molar refractivity (Wildman–Crippen MR) is 90.5 cm³/mol. The van der Waals surface area contributed by atoms with Gasteiger partial charge in [0.2, 0.25) is 10.0 Å². The molecule has 7 nitrogen and oxygen atoms in total. The topological polar surface area (TPSA) is 102 Å². The van der Waals surface area contributed by atoms with Gasteiger partial charge >= 0.3 is 5.97 Å². The highest BCUT2D eigenvalue weighted by Gasteiger charge is 2.19. The first-order chi connectivity index (χ1) is 11.3. The second-order valence-electron chi connectivity index (χ2n) is 4.98. The van der Waals surface area contributed by atoms with Crippen molar-refractivity contribution in [3.63, 3.8) is 0 Å². The number of hydrogen-bond acceptors (Lipinski definition) is 5. The van der Waals surface area contributed by atoms with E-state index in [4.69, 9.17) is 16.3 Å². The van der Waals surface area contributed by atoms with E-state index >= 15 is 0 Å². The van der Waals surface area contributed by atoms with Crippen LogP contribution >= 0.6 is 11.6 Å². The summed E-state index contributed by atoms with van der Waals surface area (Å²) in [4.78, 5) is 23.5. The van der Waals surface area contributed by atoms with E-state index in [1.165, 1.54) is 19.2 Å². The maximum Gasteiger partial charge on any atom is 0.340 e. The van der Waals surface area contributed by atoms with Crippen LogP contribution in [0.3, 0.4) is 0 Å². The highest BCUT2D eigenvalue weighted by Crippen LogP contribution is 2.21. The van der Waals surface area contributed by atoms with Crippen LogP contribution in [0.15, 0.2) is 23.1 Å². The first-order valence-electron chi connectivity index (χ1n) is 7.48. The molecule has 0 aliphatic carbocycles. The molecule has 0 saturated carbocycles. The third-order valence-corrected chi connectivity index (χ3v) is 4.92. The zero-order valence-electron chi connectivity index (χ0n) is 13.6. The van der Waals surface area contributed by atoms with Crippen LogP contribution in [0, 0.1) is 0 Å². The summed E-state index contributed by atoms with van der Waals surface area (Å²) in [5.41, 5.74) is -0.119. The van der Waals surface area contributed by atoms with Crippen molar-refractivity contribution in [2.45, 2.75) is 31.1 Å². The Morgan fingerprint density at radius 3 is 2.58 bits per heavy atom. The van der Waals surface area contributed by atoms with Crippen LogP contribution in [0.2, 0.25) is 5.02 Å². The summed E-state index contributed by atoms with van der Waals surface area (Å²) < 4.78 is 30.5. The largest absolute Gasteiger partial charge is 0.452 e. The smallest absolute Gasteiger partial charge is 0.340 e.